The number of para-hydroxylation sites is 1. The first-order valence-corrected chi connectivity index (χ1v) is 7.40. The largest absolute Gasteiger partial charge is 0.378 e. The number of hydrogen-bond acceptors (Lipinski definition) is 2. The molecule has 2 aromatic carbocycles. The minimum Gasteiger partial charge on any atom is -0.378 e. The maximum absolute atomic E-state index is 3.60. The predicted octanol–water partition coefficient (Wildman–Crippen LogP) is 4.89. The molecule has 0 fully saturated rings. The van der Waals surface area contributed by atoms with Crippen molar-refractivity contribution in [2.24, 2.45) is 0 Å². The SMILES string of the molecule is CSc1ccccc1NC(C)c1ccccc1C. The summed E-state index contributed by atoms with van der Waals surface area (Å²) in [4.78, 5) is 1.29. The van der Waals surface area contributed by atoms with E-state index in [9.17, 15) is 0 Å². The van der Waals surface area contributed by atoms with E-state index in [1.54, 1.807) is 11.8 Å². The Labute approximate surface area is 114 Å². The lowest BCUT2D eigenvalue weighted by atomic mass is 10.0. The first-order valence-electron chi connectivity index (χ1n) is 6.17. The number of benzene rings is 2. The number of aryl methyl sites for hydroxylation is 1. The van der Waals surface area contributed by atoms with Crippen LogP contribution in [0.15, 0.2) is 53.4 Å². The maximum Gasteiger partial charge on any atom is 0.0488 e. The molecular formula is C16H19NS. The lowest BCUT2D eigenvalue weighted by Gasteiger charge is -2.19. The summed E-state index contributed by atoms with van der Waals surface area (Å²) < 4.78 is 0. The monoisotopic (exact) mass is 257 g/mol. The molecule has 2 aromatic rings. The Kier molecular flexibility index (Phi) is 4.32. The van der Waals surface area contributed by atoms with Crippen molar-refractivity contribution in [1.29, 1.82) is 0 Å². The van der Waals surface area contributed by atoms with Crippen LogP contribution < -0.4 is 5.32 Å². The van der Waals surface area contributed by atoms with Gasteiger partial charge in [-0.3, -0.25) is 0 Å². The van der Waals surface area contributed by atoms with Crippen LogP contribution in [0.3, 0.4) is 0 Å². The molecule has 0 spiro atoms. The van der Waals surface area contributed by atoms with Gasteiger partial charge < -0.3 is 5.32 Å². The van der Waals surface area contributed by atoms with Crippen LogP contribution in [0.25, 0.3) is 0 Å². The molecule has 0 heterocycles. The summed E-state index contributed by atoms with van der Waals surface area (Å²) in [5.74, 6) is 0. The number of thioether (sulfide) groups is 1. The molecule has 0 aromatic heterocycles. The lowest BCUT2D eigenvalue weighted by Crippen LogP contribution is -2.08. The van der Waals surface area contributed by atoms with Crippen LogP contribution >= 0.6 is 11.8 Å². The lowest BCUT2D eigenvalue weighted by molar-refractivity contribution is 0.869. The van der Waals surface area contributed by atoms with E-state index in [0.29, 0.717) is 6.04 Å². The highest BCUT2D eigenvalue weighted by Crippen LogP contribution is 2.29. The van der Waals surface area contributed by atoms with Crippen molar-refractivity contribution in [3.8, 4) is 0 Å². The molecule has 0 radical (unpaired) electrons. The molecule has 1 N–H and O–H groups in total. The highest BCUT2D eigenvalue weighted by molar-refractivity contribution is 7.98. The molecular weight excluding hydrogens is 238 g/mol. The van der Waals surface area contributed by atoms with E-state index in [4.69, 9.17) is 0 Å². The smallest absolute Gasteiger partial charge is 0.0488 e. The second kappa shape index (κ2) is 5.96. The van der Waals surface area contributed by atoms with Gasteiger partial charge in [0.05, 0.1) is 0 Å². The Hall–Kier alpha value is -1.41. The van der Waals surface area contributed by atoms with Gasteiger partial charge in [0.1, 0.15) is 0 Å². The summed E-state index contributed by atoms with van der Waals surface area (Å²) in [6, 6.07) is 17.3. The zero-order valence-electron chi connectivity index (χ0n) is 11.1. The molecule has 18 heavy (non-hydrogen) atoms. The molecule has 2 rings (SSSR count). The molecule has 94 valence electrons. The summed E-state index contributed by atoms with van der Waals surface area (Å²) in [5, 5.41) is 3.60. The number of nitrogens with one attached hydrogen (secondary N) is 1. The van der Waals surface area contributed by atoms with Crippen LogP contribution in [0.1, 0.15) is 24.1 Å². The Morgan fingerprint density at radius 1 is 1.00 bits per heavy atom. The van der Waals surface area contributed by atoms with Crippen LogP contribution in [0.5, 0.6) is 0 Å². The predicted molar refractivity (Wildman–Crippen MR) is 81.4 cm³/mol. The van der Waals surface area contributed by atoms with Gasteiger partial charge in [-0.15, -0.1) is 11.8 Å². The third-order valence-corrected chi connectivity index (χ3v) is 3.93. The van der Waals surface area contributed by atoms with Gasteiger partial charge in [0.15, 0.2) is 0 Å². The minimum atomic E-state index is 0.319. The molecule has 0 aliphatic heterocycles. The van der Waals surface area contributed by atoms with Gasteiger partial charge in [-0.05, 0) is 43.4 Å². The van der Waals surface area contributed by atoms with Gasteiger partial charge in [0, 0.05) is 16.6 Å². The minimum absolute atomic E-state index is 0.319. The van der Waals surface area contributed by atoms with Gasteiger partial charge >= 0.3 is 0 Å². The molecule has 0 saturated carbocycles. The van der Waals surface area contributed by atoms with Crippen molar-refractivity contribution in [3.63, 3.8) is 0 Å². The van der Waals surface area contributed by atoms with E-state index in [1.165, 1.54) is 21.7 Å². The summed E-state index contributed by atoms with van der Waals surface area (Å²) >= 11 is 1.77. The van der Waals surface area contributed by atoms with E-state index in [-0.39, 0.29) is 0 Å². The van der Waals surface area contributed by atoms with E-state index >= 15 is 0 Å². The third-order valence-electron chi connectivity index (χ3n) is 3.13. The number of hydrogen-bond donors (Lipinski definition) is 1. The zero-order valence-corrected chi connectivity index (χ0v) is 11.9. The first kappa shape index (κ1) is 13.0. The Balaban J connectivity index is 2.21. The van der Waals surface area contributed by atoms with Crippen molar-refractivity contribution < 1.29 is 0 Å². The van der Waals surface area contributed by atoms with Crippen molar-refractivity contribution in [2.45, 2.75) is 24.8 Å². The molecule has 1 atom stereocenters. The molecule has 0 amide bonds. The van der Waals surface area contributed by atoms with Crippen LogP contribution in [0, 0.1) is 6.92 Å². The Bertz CT molecular complexity index is 522. The molecule has 0 bridgehead atoms. The van der Waals surface area contributed by atoms with Crippen molar-refractivity contribution in [3.05, 3.63) is 59.7 Å². The van der Waals surface area contributed by atoms with Crippen LogP contribution in [0.2, 0.25) is 0 Å². The topological polar surface area (TPSA) is 12.0 Å². The normalized spacial score (nSPS) is 12.2. The van der Waals surface area contributed by atoms with Gasteiger partial charge in [-0.1, -0.05) is 36.4 Å². The number of rotatable bonds is 4. The standard InChI is InChI=1S/C16H19NS/c1-12-8-4-5-9-14(12)13(2)17-15-10-6-7-11-16(15)18-3/h4-11,13,17H,1-3H3. The van der Waals surface area contributed by atoms with Crippen molar-refractivity contribution >= 4 is 17.4 Å². The van der Waals surface area contributed by atoms with E-state index in [0.717, 1.165) is 0 Å². The van der Waals surface area contributed by atoms with Gasteiger partial charge in [0.25, 0.3) is 0 Å². The Morgan fingerprint density at radius 3 is 2.39 bits per heavy atom. The molecule has 0 aliphatic rings. The number of anilines is 1. The fourth-order valence-corrected chi connectivity index (χ4v) is 2.71. The van der Waals surface area contributed by atoms with E-state index in [1.807, 2.05) is 0 Å². The summed E-state index contributed by atoms with van der Waals surface area (Å²) in [7, 11) is 0. The maximum atomic E-state index is 3.60. The summed E-state index contributed by atoms with van der Waals surface area (Å²) in [6.07, 6.45) is 2.11. The third kappa shape index (κ3) is 2.88. The van der Waals surface area contributed by atoms with Gasteiger partial charge in [-0.25, -0.2) is 0 Å². The summed E-state index contributed by atoms with van der Waals surface area (Å²) in [6.45, 7) is 4.37. The molecule has 1 unspecified atom stereocenters. The first-order chi connectivity index (χ1) is 8.72. The molecule has 2 heteroatoms. The average molecular weight is 257 g/mol. The van der Waals surface area contributed by atoms with Gasteiger partial charge in [-0.2, -0.15) is 0 Å². The molecule has 1 nitrogen and oxygen atoms in total. The highest BCUT2D eigenvalue weighted by Gasteiger charge is 2.09. The Morgan fingerprint density at radius 2 is 1.67 bits per heavy atom. The summed E-state index contributed by atoms with van der Waals surface area (Å²) in [5.41, 5.74) is 3.90. The van der Waals surface area contributed by atoms with Crippen molar-refractivity contribution in [2.75, 3.05) is 11.6 Å². The van der Waals surface area contributed by atoms with Crippen LogP contribution in [0.4, 0.5) is 5.69 Å². The highest BCUT2D eigenvalue weighted by atomic mass is 32.2. The average Bonchev–Trinajstić information content (AvgIpc) is 2.39. The van der Waals surface area contributed by atoms with Gasteiger partial charge in [0.2, 0.25) is 0 Å². The van der Waals surface area contributed by atoms with E-state index < -0.39 is 0 Å². The second-order valence-corrected chi connectivity index (χ2v) is 5.27. The van der Waals surface area contributed by atoms with E-state index in [2.05, 4.69) is 74.0 Å². The quantitative estimate of drug-likeness (QED) is 0.783. The second-order valence-electron chi connectivity index (χ2n) is 4.42. The molecule has 0 saturated heterocycles. The van der Waals surface area contributed by atoms with Crippen LogP contribution in [-0.2, 0) is 0 Å². The fourth-order valence-electron chi connectivity index (χ4n) is 2.15. The fraction of sp³-hybridized carbons (Fsp3) is 0.250. The van der Waals surface area contributed by atoms with Crippen LogP contribution in [-0.4, -0.2) is 6.26 Å². The van der Waals surface area contributed by atoms with Crippen molar-refractivity contribution in [1.82, 2.24) is 0 Å². The molecule has 0 aliphatic carbocycles. The zero-order chi connectivity index (χ0) is 13.0.